The number of aromatic amines is 1. The van der Waals surface area contributed by atoms with Gasteiger partial charge in [-0.1, -0.05) is 51.1 Å². The van der Waals surface area contributed by atoms with Gasteiger partial charge in [-0.05, 0) is 47.5 Å². The molecule has 0 radical (unpaired) electrons. The highest BCUT2D eigenvalue weighted by Gasteiger charge is 2.13. The summed E-state index contributed by atoms with van der Waals surface area (Å²) in [6.45, 7) is 6.93. The maximum atomic E-state index is 5.89. The Balaban J connectivity index is 1.78. The van der Waals surface area contributed by atoms with Crippen molar-refractivity contribution in [2.75, 3.05) is 0 Å². The first-order chi connectivity index (χ1) is 11.4. The van der Waals surface area contributed by atoms with Crippen molar-refractivity contribution in [2.24, 2.45) is 0 Å². The number of benzene rings is 2. The summed E-state index contributed by atoms with van der Waals surface area (Å²) in [6.07, 6.45) is 0. The third kappa shape index (κ3) is 3.57. The number of para-hydroxylation sites is 1. The zero-order valence-corrected chi connectivity index (χ0v) is 14.9. The van der Waals surface area contributed by atoms with E-state index in [-0.39, 0.29) is 5.41 Å². The van der Waals surface area contributed by atoms with Crippen molar-refractivity contribution in [2.45, 2.75) is 32.8 Å². The second-order valence-electron chi connectivity index (χ2n) is 6.68. The highest BCUT2D eigenvalue weighted by molar-refractivity contribution is 7.71. The van der Waals surface area contributed by atoms with Gasteiger partial charge in [0, 0.05) is 5.69 Å². The first-order valence-corrected chi connectivity index (χ1v) is 8.31. The van der Waals surface area contributed by atoms with E-state index in [2.05, 4.69) is 43.1 Å². The third-order valence-corrected chi connectivity index (χ3v) is 4.12. The monoisotopic (exact) mass is 339 g/mol. The zero-order valence-electron chi connectivity index (χ0n) is 14.1. The molecular weight excluding hydrogens is 318 g/mol. The van der Waals surface area contributed by atoms with Crippen LogP contribution in [0.4, 0.5) is 0 Å². The molecule has 0 fully saturated rings. The Morgan fingerprint density at radius 2 is 1.71 bits per heavy atom. The summed E-state index contributed by atoms with van der Waals surface area (Å²) in [5.74, 6) is 1.56. The predicted molar refractivity (Wildman–Crippen MR) is 98.2 cm³/mol. The molecule has 0 saturated carbocycles. The van der Waals surface area contributed by atoms with E-state index in [4.69, 9.17) is 17.0 Å². The summed E-state index contributed by atoms with van der Waals surface area (Å²) in [6, 6.07) is 18.1. The molecule has 0 spiro atoms. The average Bonchev–Trinajstić information content (AvgIpc) is 2.94. The smallest absolute Gasteiger partial charge is 0.199 e. The molecule has 0 unspecified atom stereocenters. The maximum absolute atomic E-state index is 5.89. The second-order valence-corrected chi connectivity index (χ2v) is 7.07. The Hall–Kier alpha value is -2.40. The van der Waals surface area contributed by atoms with Gasteiger partial charge >= 0.3 is 0 Å². The molecule has 2 aromatic carbocycles. The van der Waals surface area contributed by atoms with E-state index < -0.39 is 0 Å². The van der Waals surface area contributed by atoms with E-state index in [1.165, 1.54) is 5.56 Å². The summed E-state index contributed by atoms with van der Waals surface area (Å²) in [5.41, 5.74) is 2.38. The molecule has 1 aromatic heterocycles. The highest BCUT2D eigenvalue weighted by atomic mass is 32.1. The minimum Gasteiger partial charge on any atom is -0.486 e. The Bertz CT molecular complexity index is 858. The van der Waals surface area contributed by atoms with E-state index in [0.29, 0.717) is 11.4 Å². The molecule has 0 aliphatic rings. The number of ether oxygens (including phenoxy) is 1. The van der Waals surface area contributed by atoms with Crippen LogP contribution in [0.15, 0.2) is 54.6 Å². The lowest BCUT2D eigenvalue weighted by atomic mass is 9.87. The number of nitrogens with zero attached hydrogens (tertiary/aromatic N) is 2. The SMILES string of the molecule is CC(C)(C)c1ccc(OCc2n[nH]c(=S)n2-c2ccccc2)cc1. The summed E-state index contributed by atoms with van der Waals surface area (Å²) < 4.78 is 8.33. The Morgan fingerprint density at radius 1 is 1.04 bits per heavy atom. The van der Waals surface area contributed by atoms with Gasteiger partial charge in [0.1, 0.15) is 12.4 Å². The Labute approximate surface area is 147 Å². The van der Waals surface area contributed by atoms with Gasteiger partial charge in [-0.25, -0.2) is 0 Å². The van der Waals surface area contributed by atoms with E-state index in [1.54, 1.807) is 0 Å². The third-order valence-electron chi connectivity index (χ3n) is 3.84. The van der Waals surface area contributed by atoms with Gasteiger partial charge in [0.15, 0.2) is 10.6 Å². The van der Waals surface area contributed by atoms with E-state index in [9.17, 15) is 0 Å². The van der Waals surface area contributed by atoms with Crippen molar-refractivity contribution in [1.82, 2.24) is 14.8 Å². The first kappa shape index (κ1) is 16.5. The Morgan fingerprint density at radius 3 is 2.33 bits per heavy atom. The van der Waals surface area contributed by atoms with Gasteiger partial charge in [0.05, 0.1) is 0 Å². The zero-order chi connectivity index (χ0) is 17.2. The van der Waals surface area contributed by atoms with Crippen LogP contribution in [0.5, 0.6) is 5.75 Å². The number of rotatable bonds is 4. The van der Waals surface area contributed by atoms with Crippen LogP contribution in [0.3, 0.4) is 0 Å². The van der Waals surface area contributed by atoms with Crippen LogP contribution in [-0.4, -0.2) is 14.8 Å². The quantitative estimate of drug-likeness (QED) is 0.694. The largest absolute Gasteiger partial charge is 0.486 e. The highest BCUT2D eigenvalue weighted by Crippen LogP contribution is 2.24. The minimum absolute atomic E-state index is 0.133. The van der Waals surface area contributed by atoms with Gasteiger partial charge in [-0.15, -0.1) is 0 Å². The van der Waals surface area contributed by atoms with Crippen LogP contribution in [0.2, 0.25) is 0 Å². The van der Waals surface area contributed by atoms with Crippen LogP contribution in [0, 0.1) is 4.77 Å². The standard InChI is InChI=1S/C19H21N3OS/c1-19(2,3)14-9-11-16(12-10-14)23-13-17-20-21-18(24)22(17)15-7-5-4-6-8-15/h4-12H,13H2,1-3H3,(H,21,24). The first-order valence-electron chi connectivity index (χ1n) is 7.90. The predicted octanol–water partition coefficient (Wildman–Crippen LogP) is 4.81. The van der Waals surface area contributed by atoms with Gasteiger partial charge < -0.3 is 4.74 Å². The molecule has 24 heavy (non-hydrogen) atoms. The molecule has 3 rings (SSSR count). The molecule has 1 N–H and O–H groups in total. The van der Waals surface area contributed by atoms with Crippen molar-refractivity contribution < 1.29 is 4.74 Å². The molecule has 5 heteroatoms. The molecule has 0 saturated heterocycles. The average molecular weight is 339 g/mol. The summed E-state index contributed by atoms with van der Waals surface area (Å²) in [4.78, 5) is 0. The molecule has 0 amide bonds. The molecule has 4 nitrogen and oxygen atoms in total. The van der Waals surface area contributed by atoms with Gasteiger partial charge in [0.2, 0.25) is 0 Å². The van der Waals surface area contributed by atoms with Crippen LogP contribution < -0.4 is 4.74 Å². The number of nitrogens with one attached hydrogen (secondary N) is 1. The summed E-state index contributed by atoms with van der Waals surface area (Å²) >= 11 is 5.33. The summed E-state index contributed by atoms with van der Waals surface area (Å²) in [7, 11) is 0. The van der Waals surface area contributed by atoms with Crippen LogP contribution >= 0.6 is 12.2 Å². The molecular formula is C19H21N3OS. The van der Waals surface area contributed by atoms with Crippen LogP contribution in [0.1, 0.15) is 32.2 Å². The van der Waals surface area contributed by atoms with Crippen molar-refractivity contribution >= 4 is 12.2 Å². The fourth-order valence-electron chi connectivity index (χ4n) is 2.47. The van der Waals surface area contributed by atoms with Crippen molar-refractivity contribution in [3.63, 3.8) is 0 Å². The van der Waals surface area contributed by atoms with Crippen molar-refractivity contribution in [3.05, 3.63) is 70.8 Å². The topological polar surface area (TPSA) is 42.8 Å². The molecule has 0 aliphatic heterocycles. The number of aromatic nitrogens is 3. The van der Waals surface area contributed by atoms with E-state index in [1.807, 2.05) is 47.0 Å². The van der Waals surface area contributed by atoms with Crippen LogP contribution in [0.25, 0.3) is 5.69 Å². The molecule has 0 aliphatic carbocycles. The molecule has 124 valence electrons. The molecule has 1 heterocycles. The van der Waals surface area contributed by atoms with Crippen LogP contribution in [-0.2, 0) is 12.0 Å². The normalized spacial score (nSPS) is 11.5. The number of hydrogen-bond donors (Lipinski definition) is 1. The van der Waals surface area contributed by atoms with Gasteiger partial charge in [-0.3, -0.25) is 9.67 Å². The van der Waals surface area contributed by atoms with Crippen molar-refractivity contribution in [1.29, 1.82) is 0 Å². The fraction of sp³-hybridized carbons (Fsp3) is 0.263. The molecule has 0 bridgehead atoms. The van der Waals surface area contributed by atoms with Crippen molar-refractivity contribution in [3.8, 4) is 11.4 Å². The summed E-state index contributed by atoms with van der Waals surface area (Å²) in [5, 5.41) is 7.12. The lowest BCUT2D eigenvalue weighted by Crippen LogP contribution is -2.10. The lowest BCUT2D eigenvalue weighted by Gasteiger charge is -2.19. The molecule has 3 aromatic rings. The van der Waals surface area contributed by atoms with E-state index in [0.717, 1.165) is 17.3 Å². The second kappa shape index (κ2) is 6.61. The number of H-pyrrole nitrogens is 1. The fourth-order valence-corrected chi connectivity index (χ4v) is 2.73. The number of hydrogen-bond acceptors (Lipinski definition) is 3. The minimum atomic E-state index is 0.133. The van der Waals surface area contributed by atoms with E-state index >= 15 is 0 Å². The lowest BCUT2D eigenvalue weighted by molar-refractivity contribution is 0.293. The molecule has 0 atom stereocenters. The van der Waals surface area contributed by atoms with Gasteiger partial charge in [0.25, 0.3) is 0 Å². The van der Waals surface area contributed by atoms with Gasteiger partial charge in [-0.2, -0.15) is 5.10 Å². The maximum Gasteiger partial charge on any atom is 0.199 e. The Kier molecular flexibility index (Phi) is 4.53.